The van der Waals surface area contributed by atoms with E-state index in [-0.39, 0.29) is 17.0 Å². The van der Waals surface area contributed by atoms with Gasteiger partial charge in [0, 0.05) is 25.7 Å². The van der Waals surface area contributed by atoms with Crippen LogP contribution >= 0.6 is 11.6 Å². The predicted octanol–water partition coefficient (Wildman–Crippen LogP) is 1.14. The molecule has 86 valence electrons. The first kappa shape index (κ1) is 11.0. The summed E-state index contributed by atoms with van der Waals surface area (Å²) in [4.78, 5) is 15.3. The number of nitrogens with zero attached hydrogens (tertiary/aromatic N) is 2. The van der Waals surface area contributed by atoms with E-state index >= 15 is 0 Å². The normalized spacial score (nSPS) is 35.7. The van der Waals surface area contributed by atoms with Gasteiger partial charge in [0.2, 0.25) is 0 Å². The molecule has 2 rings (SSSR count). The summed E-state index contributed by atoms with van der Waals surface area (Å²) >= 11 is 6.51. The molecule has 0 spiro atoms. The van der Waals surface area contributed by atoms with Crippen LogP contribution < -0.4 is 0 Å². The second-order valence-electron chi connectivity index (χ2n) is 4.36. The third-order valence-corrected chi connectivity index (χ3v) is 3.94. The maximum Gasteiger partial charge on any atom is 0.409 e. The fraction of sp³-hybridized carbons (Fsp3) is 0.900. The average Bonchev–Trinajstić information content (AvgIpc) is 2.65. The molecule has 2 unspecified atom stereocenters. The van der Waals surface area contributed by atoms with E-state index in [0.29, 0.717) is 19.7 Å². The fourth-order valence-corrected chi connectivity index (χ4v) is 2.98. The Hall–Kier alpha value is -0.480. The van der Waals surface area contributed by atoms with Gasteiger partial charge in [-0.2, -0.15) is 0 Å². The van der Waals surface area contributed by atoms with Gasteiger partial charge >= 0.3 is 6.09 Å². The molecule has 0 aromatic carbocycles. The van der Waals surface area contributed by atoms with Crippen molar-refractivity contribution in [3.8, 4) is 0 Å². The number of carbonyl (C=O) groups excluding carboxylic acids is 1. The molecule has 2 aliphatic heterocycles. The van der Waals surface area contributed by atoms with E-state index < -0.39 is 0 Å². The van der Waals surface area contributed by atoms with Gasteiger partial charge in [-0.3, -0.25) is 4.90 Å². The molecule has 0 radical (unpaired) electrons. The zero-order chi connectivity index (χ0) is 11.1. The van der Waals surface area contributed by atoms with Crippen LogP contribution in [0.25, 0.3) is 0 Å². The fourth-order valence-electron chi connectivity index (χ4n) is 2.51. The van der Waals surface area contributed by atoms with E-state index in [2.05, 4.69) is 11.9 Å². The van der Waals surface area contributed by atoms with Gasteiger partial charge < -0.3 is 9.64 Å². The summed E-state index contributed by atoms with van der Waals surface area (Å²) in [6.45, 7) is 4.56. The molecule has 0 bridgehead atoms. The lowest BCUT2D eigenvalue weighted by Gasteiger charge is -2.21. The largest absolute Gasteiger partial charge is 0.450 e. The minimum atomic E-state index is -0.249. The Morgan fingerprint density at radius 1 is 1.67 bits per heavy atom. The average molecular weight is 233 g/mol. The van der Waals surface area contributed by atoms with Crippen LogP contribution in [0.15, 0.2) is 0 Å². The van der Waals surface area contributed by atoms with Gasteiger partial charge in [0.05, 0.1) is 11.5 Å². The van der Waals surface area contributed by atoms with Crippen LogP contribution in [0.3, 0.4) is 0 Å². The smallest absolute Gasteiger partial charge is 0.409 e. The summed E-state index contributed by atoms with van der Waals surface area (Å²) in [5.41, 5.74) is 0. The van der Waals surface area contributed by atoms with E-state index in [1.54, 1.807) is 4.90 Å². The first-order valence-electron chi connectivity index (χ1n) is 5.37. The summed E-state index contributed by atoms with van der Waals surface area (Å²) in [7, 11) is 2.06. The van der Waals surface area contributed by atoms with E-state index in [0.717, 1.165) is 13.0 Å². The Morgan fingerprint density at radius 3 is 3.00 bits per heavy atom. The summed E-state index contributed by atoms with van der Waals surface area (Å²) in [5.74, 6) is 0. The maximum atomic E-state index is 11.6. The van der Waals surface area contributed by atoms with Gasteiger partial charge in [-0.25, -0.2) is 4.79 Å². The monoisotopic (exact) mass is 232 g/mol. The van der Waals surface area contributed by atoms with Crippen molar-refractivity contribution in [1.82, 2.24) is 9.80 Å². The van der Waals surface area contributed by atoms with Gasteiger partial charge in [0.25, 0.3) is 0 Å². The first-order chi connectivity index (χ1) is 7.07. The summed E-state index contributed by atoms with van der Waals surface area (Å²) in [6.07, 6.45) is 0.714. The molecule has 15 heavy (non-hydrogen) atoms. The van der Waals surface area contributed by atoms with Crippen molar-refractivity contribution in [2.45, 2.75) is 24.3 Å². The van der Waals surface area contributed by atoms with Crippen LogP contribution in [0.1, 0.15) is 13.3 Å². The van der Waals surface area contributed by atoms with E-state index in [9.17, 15) is 4.79 Å². The number of likely N-dealkylation sites (tertiary alicyclic amines) is 2. The quantitative estimate of drug-likeness (QED) is 0.636. The third kappa shape index (κ3) is 1.81. The Morgan fingerprint density at radius 2 is 2.40 bits per heavy atom. The van der Waals surface area contributed by atoms with Gasteiger partial charge in [0.1, 0.15) is 0 Å². The summed E-state index contributed by atoms with van der Waals surface area (Å²) in [6, 6.07) is 0.281. The van der Waals surface area contributed by atoms with Gasteiger partial charge in [-0.1, -0.05) is 0 Å². The van der Waals surface area contributed by atoms with Crippen LogP contribution in [0, 0.1) is 0 Å². The number of halogens is 1. The number of fused-ring (bicyclic) bond motifs is 1. The lowest BCUT2D eigenvalue weighted by molar-refractivity contribution is 0.111. The zero-order valence-corrected chi connectivity index (χ0v) is 9.96. The molecule has 2 aliphatic rings. The van der Waals surface area contributed by atoms with Crippen molar-refractivity contribution in [1.29, 1.82) is 0 Å². The van der Waals surface area contributed by atoms with Crippen molar-refractivity contribution in [2.75, 3.05) is 33.3 Å². The SMILES string of the molecule is CCOC(=O)N1CC2N(C)CCC2(Cl)C1. The molecule has 1 amide bonds. The lowest BCUT2D eigenvalue weighted by atomic mass is 10.0. The van der Waals surface area contributed by atoms with Crippen LogP contribution in [0.2, 0.25) is 0 Å². The van der Waals surface area contributed by atoms with Gasteiger partial charge in [-0.05, 0) is 20.4 Å². The number of hydrogen-bond acceptors (Lipinski definition) is 3. The number of ether oxygens (including phenoxy) is 1. The molecule has 2 fully saturated rings. The second kappa shape index (κ2) is 3.83. The molecule has 0 aromatic heterocycles. The topological polar surface area (TPSA) is 32.8 Å². The van der Waals surface area contributed by atoms with Crippen molar-refractivity contribution < 1.29 is 9.53 Å². The molecule has 0 saturated carbocycles. The minimum Gasteiger partial charge on any atom is -0.450 e. The summed E-state index contributed by atoms with van der Waals surface area (Å²) in [5, 5.41) is 0. The molecular formula is C10H17ClN2O2. The molecule has 2 saturated heterocycles. The molecule has 2 atom stereocenters. The molecule has 0 N–H and O–H groups in total. The molecule has 5 heteroatoms. The van der Waals surface area contributed by atoms with Gasteiger partial charge in [-0.15, -0.1) is 11.6 Å². The number of carbonyl (C=O) groups is 1. The Kier molecular flexibility index (Phi) is 2.81. The van der Waals surface area contributed by atoms with Crippen molar-refractivity contribution in [3.05, 3.63) is 0 Å². The Labute approximate surface area is 95.1 Å². The maximum absolute atomic E-state index is 11.6. The highest BCUT2D eigenvalue weighted by Gasteiger charge is 2.52. The second-order valence-corrected chi connectivity index (χ2v) is 5.11. The predicted molar refractivity (Wildman–Crippen MR) is 58.2 cm³/mol. The van der Waals surface area contributed by atoms with E-state index in [1.807, 2.05) is 6.92 Å². The number of alkyl halides is 1. The standard InChI is InChI=1S/C10H17ClN2O2/c1-3-15-9(14)13-6-8-10(11,7-13)4-5-12(8)2/h8H,3-7H2,1-2H3. The highest BCUT2D eigenvalue weighted by atomic mass is 35.5. The zero-order valence-electron chi connectivity index (χ0n) is 9.20. The molecule has 2 heterocycles. The minimum absolute atomic E-state index is 0.236. The number of hydrogen-bond donors (Lipinski definition) is 0. The van der Waals surface area contributed by atoms with Crippen molar-refractivity contribution >= 4 is 17.7 Å². The number of rotatable bonds is 1. The van der Waals surface area contributed by atoms with Crippen molar-refractivity contribution in [3.63, 3.8) is 0 Å². The van der Waals surface area contributed by atoms with Crippen LogP contribution in [0.5, 0.6) is 0 Å². The van der Waals surface area contributed by atoms with E-state index in [1.165, 1.54) is 0 Å². The van der Waals surface area contributed by atoms with E-state index in [4.69, 9.17) is 16.3 Å². The van der Waals surface area contributed by atoms with Crippen molar-refractivity contribution in [2.24, 2.45) is 0 Å². The van der Waals surface area contributed by atoms with Crippen LogP contribution in [-0.2, 0) is 4.74 Å². The molecule has 0 aliphatic carbocycles. The first-order valence-corrected chi connectivity index (χ1v) is 5.75. The number of likely N-dealkylation sites (N-methyl/N-ethyl adjacent to an activating group) is 1. The highest BCUT2D eigenvalue weighted by molar-refractivity contribution is 6.25. The Bertz CT molecular complexity index is 274. The summed E-state index contributed by atoms with van der Waals surface area (Å²) < 4.78 is 4.98. The third-order valence-electron chi connectivity index (χ3n) is 3.38. The van der Waals surface area contributed by atoms with Crippen LogP contribution in [-0.4, -0.2) is 60.1 Å². The lowest BCUT2D eigenvalue weighted by Crippen LogP contribution is -2.37. The van der Waals surface area contributed by atoms with Crippen LogP contribution in [0.4, 0.5) is 4.79 Å². The molecule has 4 nitrogen and oxygen atoms in total. The highest BCUT2D eigenvalue weighted by Crippen LogP contribution is 2.39. The number of amides is 1. The van der Waals surface area contributed by atoms with Gasteiger partial charge in [0.15, 0.2) is 0 Å². The molecule has 0 aromatic rings. The molecular weight excluding hydrogens is 216 g/mol. The Balaban J connectivity index is 2.02.